The van der Waals surface area contributed by atoms with Crippen LogP contribution in [0.3, 0.4) is 0 Å². The zero-order valence-electron chi connectivity index (χ0n) is 7.94. The molecule has 74 valence electrons. The molecule has 0 aliphatic rings. The second-order valence-corrected chi connectivity index (χ2v) is 3.48. The van der Waals surface area contributed by atoms with Gasteiger partial charge in [0.2, 0.25) is 0 Å². The molecule has 2 nitrogen and oxygen atoms in total. The fourth-order valence-electron chi connectivity index (χ4n) is 1.03. The second kappa shape index (κ2) is 4.30. The Labute approximate surface area is 87.3 Å². The van der Waals surface area contributed by atoms with Gasteiger partial charge >= 0.3 is 0 Å². The number of nitrogens with one attached hydrogen (secondary N) is 1. The SMILES string of the molecule is Cc1cc(NC(C)C#N)c(Cl)cc1F. The smallest absolute Gasteiger partial charge is 0.127 e. The molecule has 0 aliphatic heterocycles. The first-order chi connectivity index (χ1) is 6.54. The number of hydrogen-bond acceptors (Lipinski definition) is 2. The van der Waals surface area contributed by atoms with Crippen LogP contribution < -0.4 is 5.32 Å². The maximum Gasteiger partial charge on any atom is 0.127 e. The predicted molar refractivity (Wildman–Crippen MR) is 54.8 cm³/mol. The van der Waals surface area contributed by atoms with Gasteiger partial charge in [-0.2, -0.15) is 5.26 Å². The minimum absolute atomic E-state index is 0.287. The molecule has 0 saturated heterocycles. The topological polar surface area (TPSA) is 35.8 Å². The molecule has 1 N–H and O–H groups in total. The Morgan fingerprint density at radius 3 is 2.79 bits per heavy atom. The molecule has 0 radical (unpaired) electrons. The highest BCUT2D eigenvalue weighted by Gasteiger charge is 2.07. The van der Waals surface area contributed by atoms with E-state index in [9.17, 15) is 4.39 Å². The molecule has 0 spiro atoms. The molecule has 1 unspecified atom stereocenters. The van der Waals surface area contributed by atoms with Gasteiger partial charge in [0.05, 0.1) is 16.8 Å². The highest BCUT2D eigenvalue weighted by molar-refractivity contribution is 6.33. The lowest BCUT2D eigenvalue weighted by Gasteiger charge is -2.10. The van der Waals surface area contributed by atoms with Gasteiger partial charge in [0.1, 0.15) is 11.9 Å². The van der Waals surface area contributed by atoms with Gasteiger partial charge in [-0.1, -0.05) is 11.6 Å². The van der Waals surface area contributed by atoms with E-state index in [1.54, 1.807) is 19.9 Å². The van der Waals surface area contributed by atoms with Gasteiger partial charge in [-0.25, -0.2) is 4.39 Å². The summed E-state index contributed by atoms with van der Waals surface area (Å²) in [6.07, 6.45) is 0. The summed E-state index contributed by atoms with van der Waals surface area (Å²) in [7, 11) is 0. The average Bonchev–Trinajstić information content (AvgIpc) is 2.14. The Morgan fingerprint density at radius 1 is 1.57 bits per heavy atom. The lowest BCUT2D eigenvalue weighted by Crippen LogP contribution is -2.12. The highest BCUT2D eigenvalue weighted by Crippen LogP contribution is 2.25. The number of aryl methyl sites for hydroxylation is 1. The van der Waals surface area contributed by atoms with Crippen LogP contribution in [0.15, 0.2) is 12.1 Å². The first-order valence-corrected chi connectivity index (χ1v) is 4.54. The van der Waals surface area contributed by atoms with Crippen molar-refractivity contribution in [3.05, 3.63) is 28.5 Å². The van der Waals surface area contributed by atoms with Gasteiger partial charge in [-0.15, -0.1) is 0 Å². The van der Waals surface area contributed by atoms with Crippen LogP contribution in [-0.2, 0) is 0 Å². The number of hydrogen-bond donors (Lipinski definition) is 1. The van der Waals surface area contributed by atoms with Crippen molar-refractivity contribution in [3.8, 4) is 6.07 Å². The Kier molecular flexibility index (Phi) is 3.32. The fourth-order valence-corrected chi connectivity index (χ4v) is 1.24. The summed E-state index contributed by atoms with van der Waals surface area (Å²) in [5.41, 5.74) is 1.08. The molecule has 0 aliphatic carbocycles. The van der Waals surface area contributed by atoms with Crippen molar-refractivity contribution in [1.82, 2.24) is 0 Å². The maximum atomic E-state index is 13.0. The van der Waals surface area contributed by atoms with Crippen molar-refractivity contribution in [3.63, 3.8) is 0 Å². The fraction of sp³-hybridized carbons (Fsp3) is 0.300. The monoisotopic (exact) mass is 212 g/mol. The summed E-state index contributed by atoms with van der Waals surface area (Å²) in [6, 6.07) is 4.49. The van der Waals surface area contributed by atoms with E-state index in [4.69, 9.17) is 16.9 Å². The first kappa shape index (κ1) is 10.8. The van der Waals surface area contributed by atoms with E-state index < -0.39 is 0 Å². The Hall–Kier alpha value is -1.27. The molecule has 1 rings (SSSR count). The first-order valence-electron chi connectivity index (χ1n) is 4.16. The molecule has 14 heavy (non-hydrogen) atoms. The van der Waals surface area contributed by atoms with Crippen LogP contribution in [0.5, 0.6) is 0 Å². The van der Waals surface area contributed by atoms with Crippen LogP contribution in [0, 0.1) is 24.1 Å². The van der Waals surface area contributed by atoms with Crippen molar-refractivity contribution in [2.45, 2.75) is 19.9 Å². The zero-order valence-corrected chi connectivity index (χ0v) is 8.69. The van der Waals surface area contributed by atoms with E-state index in [1.165, 1.54) is 6.07 Å². The van der Waals surface area contributed by atoms with Crippen LogP contribution in [0.4, 0.5) is 10.1 Å². The molecule has 0 amide bonds. The van der Waals surface area contributed by atoms with E-state index in [1.807, 2.05) is 6.07 Å². The average molecular weight is 213 g/mol. The van der Waals surface area contributed by atoms with E-state index in [-0.39, 0.29) is 16.9 Å². The van der Waals surface area contributed by atoms with Gasteiger partial charge in [0.25, 0.3) is 0 Å². The third-order valence-corrected chi connectivity index (χ3v) is 2.13. The van der Waals surface area contributed by atoms with E-state index in [2.05, 4.69) is 5.32 Å². The molecule has 0 aromatic heterocycles. The molecule has 0 saturated carbocycles. The number of nitriles is 1. The third-order valence-electron chi connectivity index (χ3n) is 1.81. The number of nitrogens with zero attached hydrogens (tertiary/aromatic N) is 1. The number of rotatable bonds is 2. The molecule has 0 fully saturated rings. The molecule has 1 aromatic carbocycles. The van der Waals surface area contributed by atoms with Gasteiger partial charge in [-0.3, -0.25) is 0 Å². The van der Waals surface area contributed by atoms with E-state index in [0.29, 0.717) is 11.3 Å². The van der Waals surface area contributed by atoms with Crippen LogP contribution in [0.25, 0.3) is 0 Å². The quantitative estimate of drug-likeness (QED) is 0.818. The summed E-state index contributed by atoms with van der Waals surface area (Å²) in [6.45, 7) is 3.35. The van der Waals surface area contributed by atoms with Crippen LogP contribution in [0.2, 0.25) is 5.02 Å². The number of anilines is 1. The van der Waals surface area contributed by atoms with Crippen LogP contribution in [0.1, 0.15) is 12.5 Å². The van der Waals surface area contributed by atoms with Crippen LogP contribution in [-0.4, -0.2) is 6.04 Å². The van der Waals surface area contributed by atoms with E-state index >= 15 is 0 Å². The normalized spacial score (nSPS) is 11.9. The van der Waals surface area contributed by atoms with Gasteiger partial charge in [0.15, 0.2) is 0 Å². The van der Waals surface area contributed by atoms with Gasteiger partial charge < -0.3 is 5.32 Å². The maximum absolute atomic E-state index is 13.0. The molecule has 0 heterocycles. The molecular weight excluding hydrogens is 203 g/mol. The minimum atomic E-state index is -0.350. The largest absolute Gasteiger partial charge is 0.369 e. The standard InChI is InChI=1S/C10H10ClFN2/c1-6-3-10(14-7(2)5-13)8(11)4-9(6)12/h3-4,7,14H,1-2H3. The highest BCUT2D eigenvalue weighted by atomic mass is 35.5. The molecule has 1 aromatic rings. The Bertz CT molecular complexity index is 384. The van der Waals surface area contributed by atoms with Gasteiger partial charge in [-0.05, 0) is 31.5 Å². The summed E-state index contributed by atoms with van der Waals surface area (Å²) in [5.74, 6) is -0.342. The summed E-state index contributed by atoms with van der Waals surface area (Å²) in [4.78, 5) is 0. The minimum Gasteiger partial charge on any atom is -0.369 e. The predicted octanol–water partition coefficient (Wildman–Crippen LogP) is 3.11. The Morgan fingerprint density at radius 2 is 2.21 bits per heavy atom. The van der Waals surface area contributed by atoms with Crippen molar-refractivity contribution in [1.29, 1.82) is 5.26 Å². The second-order valence-electron chi connectivity index (χ2n) is 3.08. The molecule has 1 atom stereocenters. The molecule has 4 heteroatoms. The van der Waals surface area contributed by atoms with Crippen molar-refractivity contribution >= 4 is 17.3 Å². The number of halogens is 2. The summed E-state index contributed by atoms with van der Waals surface area (Å²) < 4.78 is 13.0. The zero-order chi connectivity index (χ0) is 10.7. The lowest BCUT2D eigenvalue weighted by molar-refractivity contribution is 0.619. The van der Waals surface area contributed by atoms with Crippen molar-refractivity contribution in [2.24, 2.45) is 0 Å². The number of benzene rings is 1. The summed E-state index contributed by atoms with van der Waals surface area (Å²) in [5, 5.41) is 11.7. The van der Waals surface area contributed by atoms with E-state index in [0.717, 1.165) is 0 Å². The molecular formula is C10H10ClFN2. The third kappa shape index (κ3) is 2.36. The molecule has 0 bridgehead atoms. The lowest BCUT2D eigenvalue weighted by atomic mass is 10.2. The Balaban J connectivity index is 2.99. The summed E-state index contributed by atoms with van der Waals surface area (Å²) >= 11 is 5.79. The van der Waals surface area contributed by atoms with Crippen molar-refractivity contribution in [2.75, 3.05) is 5.32 Å². The van der Waals surface area contributed by atoms with Gasteiger partial charge in [0, 0.05) is 0 Å². The van der Waals surface area contributed by atoms with Crippen molar-refractivity contribution < 1.29 is 4.39 Å². The van der Waals surface area contributed by atoms with Crippen LogP contribution >= 0.6 is 11.6 Å².